The monoisotopic (exact) mass is 127 g/mol. The minimum atomic E-state index is -0.494. The first-order chi connectivity index (χ1) is 4.33. The van der Waals surface area contributed by atoms with Crippen molar-refractivity contribution < 1.29 is 4.52 Å². The summed E-state index contributed by atoms with van der Waals surface area (Å²) in [4.78, 5) is 12.7. The Labute approximate surface area is 51.9 Å². The van der Waals surface area contributed by atoms with Crippen LogP contribution in [0.5, 0.6) is 0 Å². The molecule has 0 spiro atoms. The van der Waals surface area contributed by atoms with E-state index < -0.39 is 5.76 Å². The predicted octanol–water partition coefficient (Wildman–Crippen LogP) is 0.130. The van der Waals surface area contributed by atoms with Crippen LogP contribution < -0.4 is 5.76 Å². The van der Waals surface area contributed by atoms with Crippen molar-refractivity contribution in [1.29, 1.82) is 0 Å². The van der Waals surface area contributed by atoms with Crippen molar-refractivity contribution in [1.82, 2.24) is 10.1 Å². The van der Waals surface area contributed by atoms with E-state index in [1.165, 1.54) is 0 Å². The topological polar surface area (TPSA) is 58.9 Å². The fraction of sp³-hybridized carbons (Fsp3) is 0.400. The first-order valence-corrected chi connectivity index (χ1v) is 2.65. The van der Waals surface area contributed by atoms with E-state index in [-0.39, 0.29) is 0 Å². The van der Waals surface area contributed by atoms with Crippen LogP contribution in [0.4, 0.5) is 0 Å². The number of H-pyrrole nitrogens is 1. The van der Waals surface area contributed by atoms with Crippen LogP contribution in [0, 0.1) is 6.42 Å². The molecule has 1 heterocycles. The maximum atomic E-state index is 10.3. The van der Waals surface area contributed by atoms with Crippen molar-refractivity contribution in [3.63, 3.8) is 0 Å². The standard InChI is InChI=1S/C5H7N2O2/c1-2-3-4-6-5(8)9-7-4/h2H,3H2,1H3,(H,6,7,8). The molecular formula is C5H7N2O2. The van der Waals surface area contributed by atoms with Gasteiger partial charge in [-0.1, -0.05) is 12.1 Å². The second-order valence-electron chi connectivity index (χ2n) is 1.65. The van der Waals surface area contributed by atoms with Gasteiger partial charge in [0.15, 0.2) is 5.82 Å². The first kappa shape index (κ1) is 6.07. The molecule has 0 aliphatic heterocycles. The van der Waals surface area contributed by atoms with Gasteiger partial charge in [-0.2, -0.15) is 0 Å². The molecule has 0 atom stereocenters. The van der Waals surface area contributed by atoms with Crippen molar-refractivity contribution in [2.75, 3.05) is 0 Å². The second kappa shape index (κ2) is 2.48. The van der Waals surface area contributed by atoms with E-state index in [0.717, 1.165) is 0 Å². The predicted molar refractivity (Wildman–Crippen MR) is 30.8 cm³/mol. The lowest BCUT2D eigenvalue weighted by Gasteiger charge is -1.81. The number of aromatic nitrogens is 2. The number of hydrogen-bond acceptors (Lipinski definition) is 3. The highest BCUT2D eigenvalue weighted by molar-refractivity contribution is 4.83. The molecule has 0 bridgehead atoms. The van der Waals surface area contributed by atoms with Gasteiger partial charge in [0.05, 0.1) is 0 Å². The molecule has 0 aliphatic rings. The van der Waals surface area contributed by atoms with Crippen LogP contribution in [-0.2, 0) is 6.42 Å². The van der Waals surface area contributed by atoms with E-state index >= 15 is 0 Å². The minimum Gasteiger partial charge on any atom is -0.296 e. The average Bonchev–Trinajstić information content (AvgIpc) is 2.17. The lowest BCUT2D eigenvalue weighted by molar-refractivity contribution is 0.382. The zero-order valence-electron chi connectivity index (χ0n) is 5.05. The van der Waals surface area contributed by atoms with Gasteiger partial charge >= 0.3 is 5.76 Å². The summed E-state index contributed by atoms with van der Waals surface area (Å²) in [6, 6.07) is 0. The molecule has 0 saturated heterocycles. The molecule has 1 aromatic heterocycles. The Morgan fingerprint density at radius 1 is 1.89 bits per heavy atom. The SMILES string of the molecule is C[CH]Cc1noc(=O)[nH]1. The number of aromatic amines is 1. The molecule has 9 heavy (non-hydrogen) atoms. The fourth-order valence-electron chi connectivity index (χ4n) is 0.542. The number of nitrogens with zero attached hydrogens (tertiary/aromatic N) is 1. The van der Waals surface area contributed by atoms with Crippen LogP contribution in [0.2, 0.25) is 0 Å². The fourth-order valence-corrected chi connectivity index (χ4v) is 0.542. The normalized spacial score (nSPS) is 9.89. The molecule has 0 amide bonds. The highest BCUT2D eigenvalue weighted by atomic mass is 16.5. The molecule has 4 nitrogen and oxygen atoms in total. The van der Waals surface area contributed by atoms with Crippen LogP contribution in [0.15, 0.2) is 9.32 Å². The maximum absolute atomic E-state index is 10.3. The van der Waals surface area contributed by atoms with E-state index in [2.05, 4.69) is 14.7 Å². The quantitative estimate of drug-likeness (QED) is 0.614. The third-order valence-electron chi connectivity index (χ3n) is 0.883. The summed E-state index contributed by atoms with van der Waals surface area (Å²) >= 11 is 0. The van der Waals surface area contributed by atoms with Crippen LogP contribution >= 0.6 is 0 Å². The summed E-state index contributed by atoms with van der Waals surface area (Å²) in [5, 5.41) is 3.43. The van der Waals surface area contributed by atoms with Crippen LogP contribution in [0.25, 0.3) is 0 Å². The van der Waals surface area contributed by atoms with Crippen molar-refractivity contribution in [3.8, 4) is 0 Å². The highest BCUT2D eigenvalue weighted by Crippen LogP contribution is 1.87. The summed E-state index contributed by atoms with van der Waals surface area (Å²) in [7, 11) is 0. The Bertz CT molecular complexity index is 225. The molecular weight excluding hydrogens is 120 g/mol. The third kappa shape index (κ3) is 1.42. The highest BCUT2D eigenvalue weighted by Gasteiger charge is 1.95. The molecule has 0 aliphatic carbocycles. The number of rotatable bonds is 2. The Morgan fingerprint density at radius 2 is 2.67 bits per heavy atom. The maximum Gasteiger partial charge on any atom is 0.438 e. The molecule has 1 radical (unpaired) electrons. The lowest BCUT2D eigenvalue weighted by atomic mass is 10.3. The summed E-state index contributed by atoms with van der Waals surface area (Å²) in [5.41, 5.74) is 0. The second-order valence-corrected chi connectivity index (χ2v) is 1.65. The largest absolute Gasteiger partial charge is 0.438 e. The van der Waals surface area contributed by atoms with Gasteiger partial charge in [-0.15, -0.1) is 0 Å². The van der Waals surface area contributed by atoms with Gasteiger partial charge in [0.1, 0.15) is 0 Å². The first-order valence-electron chi connectivity index (χ1n) is 2.65. The van der Waals surface area contributed by atoms with Gasteiger partial charge in [-0.05, 0) is 6.42 Å². The van der Waals surface area contributed by atoms with Crippen LogP contribution in [-0.4, -0.2) is 10.1 Å². The summed E-state index contributed by atoms with van der Waals surface area (Å²) in [5.74, 6) is 0.0781. The summed E-state index contributed by atoms with van der Waals surface area (Å²) in [6.45, 7) is 1.88. The lowest BCUT2D eigenvalue weighted by Crippen LogP contribution is -1.96. The minimum absolute atomic E-state index is 0.494. The average molecular weight is 127 g/mol. The van der Waals surface area contributed by atoms with Crippen molar-refractivity contribution >= 4 is 0 Å². The van der Waals surface area contributed by atoms with E-state index in [9.17, 15) is 4.79 Å². The smallest absolute Gasteiger partial charge is 0.296 e. The van der Waals surface area contributed by atoms with Crippen LogP contribution in [0.1, 0.15) is 12.7 Å². The van der Waals surface area contributed by atoms with E-state index in [1.807, 2.05) is 13.3 Å². The van der Waals surface area contributed by atoms with Gasteiger partial charge in [0.25, 0.3) is 0 Å². The van der Waals surface area contributed by atoms with Gasteiger partial charge < -0.3 is 0 Å². The van der Waals surface area contributed by atoms with Crippen molar-refractivity contribution in [2.24, 2.45) is 0 Å². The van der Waals surface area contributed by atoms with E-state index in [4.69, 9.17) is 0 Å². The van der Waals surface area contributed by atoms with Gasteiger partial charge in [-0.25, -0.2) is 4.79 Å². The Balaban J connectivity index is 2.73. The van der Waals surface area contributed by atoms with Gasteiger partial charge in [-0.3, -0.25) is 9.51 Å². The summed E-state index contributed by atoms with van der Waals surface area (Å²) < 4.78 is 4.24. The molecule has 49 valence electrons. The molecule has 0 unspecified atom stereocenters. The molecule has 1 aromatic rings. The number of hydrogen-bond donors (Lipinski definition) is 1. The molecule has 0 saturated carbocycles. The summed E-state index contributed by atoms with van der Waals surface area (Å²) in [6.07, 6.45) is 2.53. The van der Waals surface area contributed by atoms with Crippen LogP contribution in [0.3, 0.4) is 0 Å². The Hall–Kier alpha value is -1.06. The Kier molecular flexibility index (Phi) is 1.67. The number of nitrogens with one attached hydrogen (secondary N) is 1. The van der Waals surface area contributed by atoms with Crippen molar-refractivity contribution in [2.45, 2.75) is 13.3 Å². The molecule has 1 N–H and O–H groups in total. The van der Waals surface area contributed by atoms with Gasteiger partial charge in [0.2, 0.25) is 0 Å². The van der Waals surface area contributed by atoms with E-state index in [0.29, 0.717) is 12.2 Å². The molecule has 1 rings (SSSR count). The molecule has 0 aromatic carbocycles. The molecule has 0 fully saturated rings. The zero-order valence-corrected chi connectivity index (χ0v) is 5.05. The van der Waals surface area contributed by atoms with E-state index in [1.54, 1.807) is 0 Å². The van der Waals surface area contributed by atoms with Crippen molar-refractivity contribution in [3.05, 3.63) is 22.8 Å². The molecule has 4 heteroatoms. The third-order valence-corrected chi connectivity index (χ3v) is 0.883. The van der Waals surface area contributed by atoms with Gasteiger partial charge in [0, 0.05) is 6.42 Å². The zero-order chi connectivity index (χ0) is 6.69. The Morgan fingerprint density at radius 3 is 3.11 bits per heavy atom.